The van der Waals surface area contributed by atoms with Gasteiger partial charge in [0.1, 0.15) is 0 Å². The van der Waals surface area contributed by atoms with Gasteiger partial charge in [0.25, 0.3) is 0 Å². The average Bonchev–Trinajstić information content (AvgIpc) is 2.53. The van der Waals surface area contributed by atoms with Crippen LogP contribution in [0, 0.1) is 0 Å². The number of hydrogen-bond acceptors (Lipinski definition) is 5. The Kier molecular flexibility index (Phi) is 8.87. The molecule has 0 heterocycles. The second kappa shape index (κ2) is 10.4. The Labute approximate surface area is 143 Å². The molecule has 1 amide bonds. The van der Waals surface area contributed by atoms with E-state index in [-0.39, 0.29) is 17.3 Å². The van der Waals surface area contributed by atoms with E-state index in [1.807, 2.05) is 39.0 Å². The lowest BCUT2D eigenvalue weighted by molar-refractivity contribution is -0.120. The molecule has 0 spiro atoms. The number of ether oxygens (including phenoxy) is 3. The summed E-state index contributed by atoms with van der Waals surface area (Å²) in [5.41, 5.74) is 0. The monoisotopic (exact) mass is 341 g/mol. The van der Waals surface area contributed by atoms with Gasteiger partial charge in [-0.15, -0.1) is 11.8 Å². The topological polar surface area (TPSA) is 56.8 Å². The standard InChI is InChI=1S/C17H27NO4S/c1-12(2)22-10-6-9-18-17(19)13(3)23-14-7-8-15(20-4)16(11-14)21-5/h7-8,11-13H,6,9-10H2,1-5H3,(H,18,19)/t13-/m0/s1. The van der Waals surface area contributed by atoms with Gasteiger partial charge < -0.3 is 19.5 Å². The molecule has 1 N–H and O–H groups in total. The quantitative estimate of drug-likeness (QED) is 0.523. The van der Waals surface area contributed by atoms with E-state index < -0.39 is 0 Å². The van der Waals surface area contributed by atoms with Gasteiger partial charge >= 0.3 is 0 Å². The molecule has 23 heavy (non-hydrogen) atoms. The fourth-order valence-corrected chi connectivity index (χ4v) is 2.81. The van der Waals surface area contributed by atoms with Crippen LogP contribution in [0.2, 0.25) is 0 Å². The predicted octanol–water partition coefficient (Wildman–Crippen LogP) is 3.12. The van der Waals surface area contributed by atoms with Crippen LogP contribution in [0.3, 0.4) is 0 Å². The van der Waals surface area contributed by atoms with Gasteiger partial charge in [-0.2, -0.15) is 0 Å². The van der Waals surface area contributed by atoms with Gasteiger partial charge in [0.05, 0.1) is 25.6 Å². The maximum atomic E-state index is 12.1. The molecule has 0 fully saturated rings. The number of rotatable bonds is 10. The number of carbonyl (C=O) groups is 1. The highest BCUT2D eigenvalue weighted by molar-refractivity contribution is 8.00. The van der Waals surface area contributed by atoms with Gasteiger partial charge in [-0.25, -0.2) is 0 Å². The highest BCUT2D eigenvalue weighted by Crippen LogP contribution is 2.33. The summed E-state index contributed by atoms with van der Waals surface area (Å²) >= 11 is 1.49. The molecule has 0 aliphatic rings. The number of thioether (sulfide) groups is 1. The first kappa shape index (κ1) is 19.6. The third kappa shape index (κ3) is 7.14. The summed E-state index contributed by atoms with van der Waals surface area (Å²) in [4.78, 5) is 13.1. The van der Waals surface area contributed by atoms with Crippen LogP contribution in [0.4, 0.5) is 0 Å². The summed E-state index contributed by atoms with van der Waals surface area (Å²) in [7, 11) is 3.20. The number of amides is 1. The minimum absolute atomic E-state index is 0.0225. The lowest BCUT2D eigenvalue weighted by Crippen LogP contribution is -2.32. The molecule has 0 aliphatic carbocycles. The van der Waals surface area contributed by atoms with Crippen LogP contribution in [-0.4, -0.2) is 44.6 Å². The first-order valence-electron chi connectivity index (χ1n) is 7.76. The van der Waals surface area contributed by atoms with Crippen molar-refractivity contribution in [2.75, 3.05) is 27.4 Å². The fourth-order valence-electron chi connectivity index (χ4n) is 1.89. The molecule has 0 saturated heterocycles. The molecule has 0 unspecified atom stereocenters. The van der Waals surface area contributed by atoms with Crippen molar-refractivity contribution in [1.82, 2.24) is 5.32 Å². The lowest BCUT2D eigenvalue weighted by Gasteiger charge is -2.14. The van der Waals surface area contributed by atoms with Crippen molar-refractivity contribution in [2.24, 2.45) is 0 Å². The predicted molar refractivity (Wildman–Crippen MR) is 93.6 cm³/mol. The Morgan fingerprint density at radius 2 is 1.87 bits per heavy atom. The zero-order valence-electron chi connectivity index (χ0n) is 14.5. The molecule has 6 heteroatoms. The molecule has 0 aromatic heterocycles. The Morgan fingerprint density at radius 3 is 2.48 bits per heavy atom. The van der Waals surface area contributed by atoms with Crippen molar-refractivity contribution in [3.8, 4) is 11.5 Å². The van der Waals surface area contributed by atoms with E-state index in [1.54, 1.807) is 14.2 Å². The van der Waals surface area contributed by atoms with E-state index in [0.717, 1.165) is 11.3 Å². The smallest absolute Gasteiger partial charge is 0.233 e. The van der Waals surface area contributed by atoms with Crippen molar-refractivity contribution < 1.29 is 19.0 Å². The van der Waals surface area contributed by atoms with Gasteiger partial charge in [0.2, 0.25) is 5.91 Å². The van der Waals surface area contributed by atoms with Crippen LogP contribution < -0.4 is 14.8 Å². The summed E-state index contributed by atoms with van der Waals surface area (Å²) in [6.45, 7) is 7.18. The minimum atomic E-state index is -0.181. The molecule has 0 bridgehead atoms. The third-order valence-corrected chi connectivity index (χ3v) is 4.20. The van der Waals surface area contributed by atoms with E-state index in [2.05, 4.69) is 5.32 Å². The van der Waals surface area contributed by atoms with Crippen LogP contribution in [0.5, 0.6) is 11.5 Å². The molecule has 0 radical (unpaired) electrons. The van der Waals surface area contributed by atoms with Crippen LogP contribution in [0.25, 0.3) is 0 Å². The molecule has 130 valence electrons. The molecule has 1 aromatic rings. The molecule has 1 atom stereocenters. The van der Waals surface area contributed by atoms with Crippen molar-refractivity contribution >= 4 is 17.7 Å². The average molecular weight is 341 g/mol. The number of hydrogen-bond donors (Lipinski definition) is 1. The number of methoxy groups -OCH3 is 2. The maximum absolute atomic E-state index is 12.1. The van der Waals surface area contributed by atoms with Gasteiger partial charge in [-0.3, -0.25) is 4.79 Å². The second-order valence-electron chi connectivity index (χ2n) is 5.34. The highest BCUT2D eigenvalue weighted by Gasteiger charge is 2.15. The zero-order chi connectivity index (χ0) is 17.2. The SMILES string of the molecule is COc1ccc(S[C@@H](C)C(=O)NCCCOC(C)C)cc1OC. The molecule has 0 aliphatic heterocycles. The Bertz CT molecular complexity index is 493. The number of nitrogens with one attached hydrogen (secondary N) is 1. The van der Waals surface area contributed by atoms with Gasteiger partial charge in [-0.05, 0) is 45.4 Å². The number of carbonyl (C=O) groups excluding carboxylic acids is 1. The molecular formula is C17H27NO4S. The van der Waals surface area contributed by atoms with Gasteiger partial charge in [0.15, 0.2) is 11.5 Å². The molecular weight excluding hydrogens is 314 g/mol. The first-order chi connectivity index (χ1) is 11.0. The maximum Gasteiger partial charge on any atom is 0.233 e. The first-order valence-corrected chi connectivity index (χ1v) is 8.64. The third-order valence-electron chi connectivity index (χ3n) is 3.11. The van der Waals surface area contributed by atoms with E-state index >= 15 is 0 Å². The summed E-state index contributed by atoms with van der Waals surface area (Å²) in [5.74, 6) is 1.37. The Balaban J connectivity index is 2.42. The largest absolute Gasteiger partial charge is 0.493 e. The number of benzene rings is 1. The zero-order valence-corrected chi connectivity index (χ0v) is 15.4. The summed E-state index contributed by atoms with van der Waals surface area (Å²) in [6, 6.07) is 5.64. The molecule has 1 aromatic carbocycles. The van der Waals surface area contributed by atoms with E-state index in [4.69, 9.17) is 14.2 Å². The van der Waals surface area contributed by atoms with E-state index in [9.17, 15) is 4.79 Å². The normalized spacial score (nSPS) is 12.1. The lowest BCUT2D eigenvalue weighted by atomic mass is 10.3. The van der Waals surface area contributed by atoms with Crippen LogP contribution in [-0.2, 0) is 9.53 Å². The van der Waals surface area contributed by atoms with Gasteiger partial charge in [0, 0.05) is 18.0 Å². The van der Waals surface area contributed by atoms with E-state index in [1.165, 1.54) is 11.8 Å². The van der Waals surface area contributed by atoms with Crippen molar-refractivity contribution in [1.29, 1.82) is 0 Å². The molecule has 5 nitrogen and oxygen atoms in total. The fraction of sp³-hybridized carbons (Fsp3) is 0.588. The summed E-state index contributed by atoms with van der Waals surface area (Å²) in [5, 5.41) is 2.75. The van der Waals surface area contributed by atoms with Crippen LogP contribution in [0.15, 0.2) is 23.1 Å². The minimum Gasteiger partial charge on any atom is -0.493 e. The van der Waals surface area contributed by atoms with Crippen LogP contribution >= 0.6 is 11.8 Å². The summed E-state index contributed by atoms with van der Waals surface area (Å²) < 4.78 is 15.9. The highest BCUT2D eigenvalue weighted by atomic mass is 32.2. The van der Waals surface area contributed by atoms with Crippen molar-refractivity contribution in [2.45, 2.75) is 43.4 Å². The van der Waals surface area contributed by atoms with Crippen LogP contribution in [0.1, 0.15) is 27.2 Å². The Morgan fingerprint density at radius 1 is 1.17 bits per heavy atom. The van der Waals surface area contributed by atoms with Crippen molar-refractivity contribution in [3.63, 3.8) is 0 Å². The summed E-state index contributed by atoms with van der Waals surface area (Å²) in [6.07, 6.45) is 1.04. The van der Waals surface area contributed by atoms with Crippen molar-refractivity contribution in [3.05, 3.63) is 18.2 Å². The van der Waals surface area contributed by atoms with E-state index in [0.29, 0.717) is 24.7 Å². The van der Waals surface area contributed by atoms with Gasteiger partial charge in [-0.1, -0.05) is 0 Å². The second-order valence-corrected chi connectivity index (χ2v) is 6.76. The molecule has 1 rings (SSSR count). The Hall–Kier alpha value is -1.40. The molecule has 0 saturated carbocycles.